The Kier molecular flexibility index (Phi) is 3.08. The zero-order valence-electron chi connectivity index (χ0n) is 13.1. The molecule has 0 unspecified atom stereocenters. The first-order valence-electron chi connectivity index (χ1n) is 7.71. The summed E-state index contributed by atoms with van der Waals surface area (Å²) in [4.78, 5) is 12.7. The van der Waals surface area contributed by atoms with Gasteiger partial charge in [-0.15, -0.1) is 0 Å². The van der Waals surface area contributed by atoms with Crippen molar-refractivity contribution in [1.29, 1.82) is 0 Å². The van der Waals surface area contributed by atoms with Crippen molar-refractivity contribution in [3.8, 4) is 11.1 Å². The molecule has 3 heteroatoms. The molecular weight excluding hydrogens is 286 g/mol. The highest BCUT2D eigenvalue weighted by molar-refractivity contribution is 5.96. The van der Waals surface area contributed by atoms with Gasteiger partial charge in [0.25, 0.3) is 5.91 Å². The lowest BCUT2D eigenvalue weighted by atomic mass is 10.0. The SMILES string of the molecule is Cc1cc(C(=O)NC2c3ccccc3-c3ccccc32)c(C)o1. The average Bonchev–Trinajstić information content (AvgIpc) is 3.06. The number of benzene rings is 2. The van der Waals surface area contributed by atoms with Crippen LogP contribution < -0.4 is 5.32 Å². The maximum Gasteiger partial charge on any atom is 0.255 e. The Bertz CT molecular complexity index is 862. The van der Waals surface area contributed by atoms with Gasteiger partial charge in [0.05, 0.1) is 11.6 Å². The van der Waals surface area contributed by atoms with E-state index in [1.54, 1.807) is 6.07 Å². The summed E-state index contributed by atoms with van der Waals surface area (Å²) >= 11 is 0. The molecule has 0 atom stereocenters. The van der Waals surface area contributed by atoms with Crippen molar-refractivity contribution in [2.24, 2.45) is 0 Å². The Labute approximate surface area is 135 Å². The zero-order chi connectivity index (χ0) is 16.0. The van der Waals surface area contributed by atoms with Crippen molar-refractivity contribution in [1.82, 2.24) is 5.32 Å². The topological polar surface area (TPSA) is 42.2 Å². The van der Waals surface area contributed by atoms with Crippen molar-refractivity contribution in [2.45, 2.75) is 19.9 Å². The molecule has 3 nitrogen and oxygen atoms in total. The molecule has 3 aromatic rings. The Morgan fingerprint density at radius 1 is 0.957 bits per heavy atom. The van der Waals surface area contributed by atoms with Gasteiger partial charge in [-0.2, -0.15) is 0 Å². The van der Waals surface area contributed by atoms with E-state index in [0.717, 1.165) is 16.9 Å². The highest BCUT2D eigenvalue weighted by Crippen LogP contribution is 2.43. The molecule has 1 amide bonds. The fourth-order valence-electron chi connectivity index (χ4n) is 3.38. The van der Waals surface area contributed by atoms with Crippen LogP contribution in [0.2, 0.25) is 0 Å². The van der Waals surface area contributed by atoms with Crippen LogP contribution in [0, 0.1) is 13.8 Å². The van der Waals surface area contributed by atoms with E-state index in [2.05, 4.69) is 29.6 Å². The molecule has 1 aliphatic rings. The van der Waals surface area contributed by atoms with Crippen molar-refractivity contribution in [3.05, 3.63) is 82.8 Å². The second-order valence-electron chi connectivity index (χ2n) is 5.91. The van der Waals surface area contributed by atoms with Gasteiger partial charge in [-0.3, -0.25) is 4.79 Å². The highest BCUT2D eigenvalue weighted by atomic mass is 16.3. The molecular formula is C20H17NO2. The molecule has 0 spiro atoms. The highest BCUT2D eigenvalue weighted by Gasteiger charge is 2.30. The summed E-state index contributed by atoms with van der Waals surface area (Å²) in [6.45, 7) is 3.67. The van der Waals surface area contributed by atoms with E-state index in [4.69, 9.17) is 4.42 Å². The van der Waals surface area contributed by atoms with E-state index in [1.807, 2.05) is 38.1 Å². The maximum atomic E-state index is 12.7. The number of rotatable bonds is 2. The molecule has 114 valence electrons. The Hall–Kier alpha value is -2.81. The van der Waals surface area contributed by atoms with Crippen molar-refractivity contribution >= 4 is 5.91 Å². The van der Waals surface area contributed by atoms with Gasteiger partial charge >= 0.3 is 0 Å². The maximum absolute atomic E-state index is 12.7. The minimum absolute atomic E-state index is 0.101. The minimum atomic E-state index is -0.121. The molecule has 0 radical (unpaired) electrons. The minimum Gasteiger partial charge on any atom is -0.466 e. The first-order chi connectivity index (χ1) is 11.1. The molecule has 1 heterocycles. The number of amides is 1. The molecule has 0 aliphatic heterocycles. The van der Waals surface area contributed by atoms with Gasteiger partial charge in [0.15, 0.2) is 0 Å². The fraction of sp³-hybridized carbons (Fsp3) is 0.150. The molecule has 0 saturated carbocycles. The molecule has 2 aromatic carbocycles. The van der Waals surface area contributed by atoms with Gasteiger partial charge in [0, 0.05) is 0 Å². The summed E-state index contributed by atoms with van der Waals surface area (Å²) in [7, 11) is 0. The number of nitrogens with one attached hydrogen (secondary N) is 1. The van der Waals surface area contributed by atoms with Crippen molar-refractivity contribution in [3.63, 3.8) is 0 Å². The van der Waals surface area contributed by atoms with Gasteiger partial charge in [0.1, 0.15) is 11.5 Å². The third-order valence-electron chi connectivity index (χ3n) is 4.39. The average molecular weight is 303 g/mol. The second kappa shape index (κ2) is 5.13. The number of fused-ring (bicyclic) bond motifs is 3. The molecule has 1 aromatic heterocycles. The van der Waals surface area contributed by atoms with Crippen LogP contribution in [0.5, 0.6) is 0 Å². The van der Waals surface area contributed by atoms with Crippen LogP contribution >= 0.6 is 0 Å². The monoisotopic (exact) mass is 303 g/mol. The van der Waals surface area contributed by atoms with E-state index < -0.39 is 0 Å². The Balaban J connectivity index is 1.75. The summed E-state index contributed by atoms with van der Waals surface area (Å²) in [5.74, 6) is 1.30. The fourth-order valence-corrected chi connectivity index (χ4v) is 3.38. The van der Waals surface area contributed by atoms with E-state index in [-0.39, 0.29) is 11.9 Å². The number of furan rings is 1. The van der Waals surface area contributed by atoms with E-state index in [0.29, 0.717) is 11.3 Å². The molecule has 0 fully saturated rings. The molecule has 0 saturated heterocycles. The third kappa shape index (κ3) is 2.16. The summed E-state index contributed by atoms with van der Waals surface area (Å²) in [5, 5.41) is 3.16. The summed E-state index contributed by atoms with van der Waals surface area (Å²) in [6, 6.07) is 18.1. The summed E-state index contributed by atoms with van der Waals surface area (Å²) < 4.78 is 5.48. The van der Waals surface area contributed by atoms with Gasteiger partial charge in [-0.25, -0.2) is 0 Å². The van der Waals surface area contributed by atoms with Crippen LogP contribution in [0.3, 0.4) is 0 Å². The lowest BCUT2D eigenvalue weighted by Gasteiger charge is -2.15. The quantitative estimate of drug-likeness (QED) is 0.762. The van der Waals surface area contributed by atoms with Gasteiger partial charge < -0.3 is 9.73 Å². The lowest BCUT2D eigenvalue weighted by molar-refractivity contribution is 0.0942. The lowest BCUT2D eigenvalue weighted by Crippen LogP contribution is -2.28. The van der Waals surface area contributed by atoms with Crippen LogP contribution in [-0.2, 0) is 0 Å². The van der Waals surface area contributed by atoms with Crippen molar-refractivity contribution in [2.75, 3.05) is 0 Å². The summed E-state index contributed by atoms with van der Waals surface area (Å²) in [6.07, 6.45) is 0. The van der Waals surface area contributed by atoms with Gasteiger partial charge in [-0.1, -0.05) is 48.5 Å². The Morgan fingerprint density at radius 3 is 2.04 bits per heavy atom. The normalized spacial score (nSPS) is 12.8. The Morgan fingerprint density at radius 2 is 1.52 bits per heavy atom. The number of carbonyl (C=O) groups is 1. The standard InChI is InChI=1S/C20H17NO2/c1-12-11-18(13(2)23-12)20(22)21-19-16-9-5-3-7-14(16)15-8-4-6-10-17(15)19/h3-11,19H,1-2H3,(H,21,22). The first-order valence-corrected chi connectivity index (χ1v) is 7.71. The number of carbonyl (C=O) groups excluding carboxylic acids is 1. The summed E-state index contributed by atoms with van der Waals surface area (Å²) in [5.41, 5.74) is 5.26. The van der Waals surface area contributed by atoms with Gasteiger partial charge in [0.2, 0.25) is 0 Å². The van der Waals surface area contributed by atoms with Crippen LogP contribution in [0.25, 0.3) is 11.1 Å². The predicted molar refractivity (Wildman–Crippen MR) is 89.4 cm³/mol. The van der Waals surface area contributed by atoms with E-state index in [9.17, 15) is 4.79 Å². The molecule has 4 rings (SSSR count). The largest absolute Gasteiger partial charge is 0.466 e. The smallest absolute Gasteiger partial charge is 0.255 e. The number of hydrogen-bond acceptors (Lipinski definition) is 2. The van der Waals surface area contributed by atoms with Crippen LogP contribution in [0.1, 0.15) is 39.0 Å². The molecule has 23 heavy (non-hydrogen) atoms. The number of aryl methyl sites for hydroxylation is 2. The third-order valence-corrected chi connectivity index (χ3v) is 4.39. The van der Waals surface area contributed by atoms with Crippen LogP contribution in [0.15, 0.2) is 59.0 Å². The molecule has 1 N–H and O–H groups in total. The van der Waals surface area contributed by atoms with E-state index in [1.165, 1.54) is 11.1 Å². The van der Waals surface area contributed by atoms with Gasteiger partial charge in [-0.05, 0) is 42.2 Å². The van der Waals surface area contributed by atoms with Crippen molar-refractivity contribution < 1.29 is 9.21 Å². The number of hydrogen-bond donors (Lipinski definition) is 1. The predicted octanol–water partition coefficient (Wildman–Crippen LogP) is 4.40. The molecule has 1 aliphatic carbocycles. The molecule has 0 bridgehead atoms. The van der Waals surface area contributed by atoms with Crippen LogP contribution in [0.4, 0.5) is 0 Å². The van der Waals surface area contributed by atoms with Crippen LogP contribution in [-0.4, -0.2) is 5.91 Å². The second-order valence-corrected chi connectivity index (χ2v) is 5.91. The first kappa shape index (κ1) is 13.8. The van der Waals surface area contributed by atoms with E-state index >= 15 is 0 Å². The zero-order valence-corrected chi connectivity index (χ0v) is 13.1.